The fourth-order valence-corrected chi connectivity index (χ4v) is 2.76. The lowest BCUT2D eigenvalue weighted by Gasteiger charge is -1.94. The van der Waals surface area contributed by atoms with E-state index >= 15 is 0 Å². The van der Waals surface area contributed by atoms with Crippen LogP contribution in [-0.4, -0.2) is 4.98 Å². The van der Waals surface area contributed by atoms with Crippen LogP contribution in [0.3, 0.4) is 0 Å². The summed E-state index contributed by atoms with van der Waals surface area (Å²) in [6.45, 7) is 4.34. The topological polar surface area (TPSA) is 12.9 Å². The number of halogens is 1. The van der Waals surface area contributed by atoms with Crippen LogP contribution in [0.15, 0.2) is 22.7 Å². The minimum Gasteiger partial charge on any atom is -0.240 e. The molecule has 3 heteroatoms. The standard InChI is InChI=1S/C10H10BrNS/c1-6(2)10-12-9-7(11)4-3-5-8(9)13-10/h3-6H,1-2H3. The van der Waals surface area contributed by atoms with Crippen molar-refractivity contribution >= 4 is 37.5 Å². The van der Waals surface area contributed by atoms with Crippen LogP contribution in [0.5, 0.6) is 0 Å². The van der Waals surface area contributed by atoms with Crippen LogP contribution in [0.4, 0.5) is 0 Å². The van der Waals surface area contributed by atoms with Crippen molar-refractivity contribution in [2.24, 2.45) is 0 Å². The Morgan fingerprint density at radius 1 is 1.38 bits per heavy atom. The first kappa shape index (κ1) is 9.16. The van der Waals surface area contributed by atoms with Crippen LogP contribution in [0.1, 0.15) is 24.8 Å². The highest BCUT2D eigenvalue weighted by Crippen LogP contribution is 2.31. The van der Waals surface area contributed by atoms with Crippen molar-refractivity contribution < 1.29 is 0 Å². The molecule has 0 atom stereocenters. The van der Waals surface area contributed by atoms with Gasteiger partial charge in [0.1, 0.15) is 0 Å². The van der Waals surface area contributed by atoms with E-state index < -0.39 is 0 Å². The highest BCUT2D eigenvalue weighted by molar-refractivity contribution is 9.10. The summed E-state index contributed by atoms with van der Waals surface area (Å²) >= 11 is 5.28. The summed E-state index contributed by atoms with van der Waals surface area (Å²) in [6.07, 6.45) is 0. The molecule has 0 aliphatic rings. The zero-order valence-corrected chi connectivity index (χ0v) is 9.95. The van der Waals surface area contributed by atoms with Gasteiger partial charge in [0.15, 0.2) is 0 Å². The second-order valence-electron chi connectivity index (χ2n) is 3.29. The minimum absolute atomic E-state index is 0.518. The van der Waals surface area contributed by atoms with Gasteiger partial charge in [0.25, 0.3) is 0 Å². The molecule has 1 heterocycles. The first-order chi connectivity index (χ1) is 6.18. The second kappa shape index (κ2) is 3.39. The Balaban J connectivity index is 2.68. The monoisotopic (exact) mass is 255 g/mol. The first-order valence-corrected chi connectivity index (χ1v) is 5.84. The molecule has 0 amide bonds. The lowest BCUT2D eigenvalue weighted by Crippen LogP contribution is -1.83. The number of thiazole rings is 1. The summed E-state index contributed by atoms with van der Waals surface area (Å²) in [5.74, 6) is 0.518. The average molecular weight is 256 g/mol. The van der Waals surface area contributed by atoms with Crippen molar-refractivity contribution in [2.45, 2.75) is 19.8 Å². The van der Waals surface area contributed by atoms with Gasteiger partial charge >= 0.3 is 0 Å². The normalized spacial score (nSPS) is 11.4. The number of benzene rings is 1. The van der Waals surface area contributed by atoms with Crippen LogP contribution >= 0.6 is 27.3 Å². The molecule has 0 radical (unpaired) electrons. The molecule has 0 unspecified atom stereocenters. The van der Waals surface area contributed by atoms with E-state index in [0.717, 1.165) is 9.99 Å². The molecule has 0 N–H and O–H groups in total. The highest BCUT2D eigenvalue weighted by Gasteiger charge is 2.08. The molecule has 2 rings (SSSR count). The van der Waals surface area contributed by atoms with Gasteiger partial charge in [-0.1, -0.05) is 19.9 Å². The van der Waals surface area contributed by atoms with Gasteiger partial charge < -0.3 is 0 Å². The molecular weight excluding hydrogens is 246 g/mol. The summed E-state index contributed by atoms with van der Waals surface area (Å²) in [4.78, 5) is 4.58. The van der Waals surface area contributed by atoms with Crippen LogP contribution in [0.25, 0.3) is 10.2 Å². The Kier molecular flexibility index (Phi) is 2.39. The minimum atomic E-state index is 0.518. The fraction of sp³-hybridized carbons (Fsp3) is 0.300. The summed E-state index contributed by atoms with van der Waals surface area (Å²) in [5.41, 5.74) is 1.09. The lowest BCUT2D eigenvalue weighted by atomic mass is 10.2. The average Bonchev–Trinajstić information content (AvgIpc) is 2.49. The van der Waals surface area contributed by atoms with Gasteiger partial charge in [-0.15, -0.1) is 11.3 Å². The largest absolute Gasteiger partial charge is 0.240 e. The van der Waals surface area contributed by atoms with Gasteiger partial charge in [-0.05, 0) is 28.1 Å². The molecule has 0 bridgehead atoms. The van der Waals surface area contributed by atoms with Crippen molar-refractivity contribution in [1.82, 2.24) is 4.98 Å². The molecule has 1 aromatic heterocycles. The number of para-hydroxylation sites is 1. The molecule has 0 aliphatic heterocycles. The molecular formula is C10H10BrNS. The van der Waals surface area contributed by atoms with E-state index in [0.29, 0.717) is 5.92 Å². The number of hydrogen-bond donors (Lipinski definition) is 0. The fourth-order valence-electron chi connectivity index (χ4n) is 1.18. The molecule has 0 saturated carbocycles. The highest BCUT2D eigenvalue weighted by atomic mass is 79.9. The number of nitrogens with zero attached hydrogens (tertiary/aromatic N) is 1. The van der Waals surface area contributed by atoms with Crippen LogP contribution < -0.4 is 0 Å². The SMILES string of the molecule is CC(C)c1nc2c(Br)cccc2s1. The number of rotatable bonds is 1. The van der Waals surface area contributed by atoms with Crippen LogP contribution in [0.2, 0.25) is 0 Å². The number of fused-ring (bicyclic) bond motifs is 1. The van der Waals surface area contributed by atoms with E-state index in [1.807, 2.05) is 6.07 Å². The zero-order chi connectivity index (χ0) is 9.42. The van der Waals surface area contributed by atoms with Crippen molar-refractivity contribution in [3.05, 3.63) is 27.7 Å². The third-order valence-corrected chi connectivity index (χ3v) is 3.84. The van der Waals surface area contributed by atoms with Gasteiger partial charge in [-0.2, -0.15) is 0 Å². The van der Waals surface area contributed by atoms with Crippen LogP contribution in [-0.2, 0) is 0 Å². The van der Waals surface area contributed by atoms with Gasteiger partial charge in [0.2, 0.25) is 0 Å². The Bertz CT molecular complexity index is 433. The van der Waals surface area contributed by atoms with E-state index in [9.17, 15) is 0 Å². The van der Waals surface area contributed by atoms with Crippen molar-refractivity contribution in [3.63, 3.8) is 0 Å². The molecule has 0 spiro atoms. The van der Waals surface area contributed by atoms with E-state index in [2.05, 4.69) is 46.9 Å². The van der Waals surface area contributed by atoms with E-state index in [-0.39, 0.29) is 0 Å². The first-order valence-electron chi connectivity index (χ1n) is 4.23. The van der Waals surface area contributed by atoms with E-state index in [1.165, 1.54) is 9.71 Å². The smallest absolute Gasteiger partial charge is 0.0964 e. The van der Waals surface area contributed by atoms with Gasteiger partial charge in [-0.25, -0.2) is 4.98 Å². The third kappa shape index (κ3) is 1.63. The van der Waals surface area contributed by atoms with Gasteiger partial charge in [0, 0.05) is 10.4 Å². The lowest BCUT2D eigenvalue weighted by molar-refractivity contribution is 0.856. The van der Waals surface area contributed by atoms with Crippen molar-refractivity contribution in [1.29, 1.82) is 0 Å². The second-order valence-corrected chi connectivity index (χ2v) is 5.21. The van der Waals surface area contributed by atoms with E-state index in [4.69, 9.17) is 0 Å². The van der Waals surface area contributed by atoms with Crippen molar-refractivity contribution in [3.8, 4) is 0 Å². The summed E-state index contributed by atoms with van der Waals surface area (Å²) in [5, 5.41) is 1.21. The Morgan fingerprint density at radius 3 is 2.77 bits per heavy atom. The predicted octanol–water partition coefficient (Wildman–Crippen LogP) is 4.18. The predicted molar refractivity (Wildman–Crippen MR) is 61.4 cm³/mol. The molecule has 68 valence electrons. The summed E-state index contributed by atoms with van der Waals surface area (Å²) in [7, 11) is 0. The number of hydrogen-bond acceptors (Lipinski definition) is 2. The molecule has 13 heavy (non-hydrogen) atoms. The quantitative estimate of drug-likeness (QED) is 0.745. The van der Waals surface area contributed by atoms with Gasteiger partial charge in [-0.3, -0.25) is 0 Å². The molecule has 0 aliphatic carbocycles. The zero-order valence-electron chi connectivity index (χ0n) is 7.54. The maximum Gasteiger partial charge on any atom is 0.0964 e. The molecule has 2 aromatic rings. The van der Waals surface area contributed by atoms with Crippen LogP contribution in [0, 0.1) is 0 Å². The molecule has 0 saturated heterocycles. The Morgan fingerprint density at radius 2 is 2.15 bits per heavy atom. The molecule has 1 nitrogen and oxygen atoms in total. The van der Waals surface area contributed by atoms with Gasteiger partial charge in [0.05, 0.1) is 15.2 Å². The Labute approximate surface area is 89.9 Å². The summed E-state index contributed by atoms with van der Waals surface area (Å²) < 4.78 is 2.35. The Hall–Kier alpha value is -0.410. The van der Waals surface area contributed by atoms with Crippen molar-refractivity contribution in [2.75, 3.05) is 0 Å². The maximum atomic E-state index is 4.58. The molecule has 0 fully saturated rings. The number of aromatic nitrogens is 1. The molecule has 1 aromatic carbocycles. The summed E-state index contributed by atoms with van der Waals surface area (Å²) in [6, 6.07) is 6.20. The maximum absolute atomic E-state index is 4.58. The third-order valence-electron chi connectivity index (χ3n) is 1.88. The van der Waals surface area contributed by atoms with E-state index in [1.54, 1.807) is 11.3 Å².